The number of aromatic nitrogens is 4. The first kappa shape index (κ1) is 19.1. The molecule has 4 aromatic rings. The van der Waals surface area contributed by atoms with Crippen LogP contribution in [0.2, 0.25) is 5.02 Å². The van der Waals surface area contributed by atoms with Gasteiger partial charge in [0.05, 0.1) is 16.9 Å². The third-order valence-corrected chi connectivity index (χ3v) is 5.04. The molecule has 0 aliphatic heterocycles. The van der Waals surface area contributed by atoms with E-state index in [2.05, 4.69) is 25.3 Å². The Morgan fingerprint density at radius 2 is 1.72 bits per heavy atom. The van der Waals surface area contributed by atoms with Crippen LogP contribution in [0.3, 0.4) is 0 Å². The van der Waals surface area contributed by atoms with E-state index in [1.807, 2.05) is 63.2 Å². The molecule has 2 heterocycles. The summed E-state index contributed by atoms with van der Waals surface area (Å²) in [7, 11) is 0. The average molecular weight is 406 g/mol. The molecule has 146 valence electrons. The van der Waals surface area contributed by atoms with Crippen molar-refractivity contribution >= 4 is 34.4 Å². The molecular weight excluding hydrogens is 386 g/mol. The zero-order valence-corrected chi connectivity index (χ0v) is 17.1. The Morgan fingerprint density at radius 3 is 2.45 bits per heavy atom. The molecule has 29 heavy (non-hydrogen) atoms. The van der Waals surface area contributed by atoms with Crippen LogP contribution >= 0.6 is 11.6 Å². The number of nitrogens with one attached hydrogen (secondary N) is 2. The van der Waals surface area contributed by atoms with E-state index in [-0.39, 0.29) is 5.56 Å². The first-order valence-electron chi connectivity index (χ1n) is 9.25. The van der Waals surface area contributed by atoms with Crippen molar-refractivity contribution in [2.24, 2.45) is 0 Å². The number of hydrogen-bond donors (Lipinski definition) is 2. The first-order valence-corrected chi connectivity index (χ1v) is 9.63. The fourth-order valence-corrected chi connectivity index (χ4v) is 3.37. The fraction of sp³-hybridized carbons (Fsp3) is 0.182. The van der Waals surface area contributed by atoms with Gasteiger partial charge in [0.1, 0.15) is 0 Å². The molecule has 0 saturated carbocycles. The van der Waals surface area contributed by atoms with Gasteiger partial charge < -0.3 is 0 Å². The first-order chi connectivity index (χ1) is 13.9. The van der Waals surface area contributed by atoms with Crippen LogP contribution in [0.25, 0.3) is 10.9 Å². The van der Waals surface area contributed by atoms with Crippen molar-refractivity contribution in [1.29, 1.82) is 0 Å². The molecular formula is C22H20ClN5O. The standard InChI is InChI=1S/C22H20ClN5O/c1-12-4-9-17-13(2)24-21(26-19(17)10-12)28-22-25-14(3)18(20(29)27-22)11-15-5-7-16(23)8-6-15/h4-10H,11H2,1-3H3,(H2,24,25,26,27,28,29). The van der Waals surface area contributed by atoms with Crippen LogP contribution < -0.4 is 10.9 Å². The molecule has 6 nitrogen and oxygen atoms in total. The van der Waals surface area contributed by atoms with Gasteiger partial charge in [0.2, 0.25) is 11.9 Å². The summed E-state index contributed by atoms with van der Waals surface area (Å²) in [6.45, 7) is 5.77. The fourth-order valence-electron chi connectivity index (χ4n) is 3.24. The van der Waals surface area contributed by atoms with E-state index in [1.54, 1.807) is 0 Å². The van der Waals surface area contributed by atoms with Gasteiger partial charge in [-0.25, -0.2) is 15.0 Å². The van der Waals surface area contributed by atoms with E-state index >= 15 is 0 Å². The topological polar surface area (TPSA) is 83.6 Å². The third-order valence-electron chi connectivity index (χ3n) is 4.79. The average Bonchev–Trinajstić information content (AvgIpc) is 2.66. The minimum Gasteiger partial charge on any atom is -0.294 e. The second-order valence-electron chi connectivity index (χ2n) is 7.06. The Bertz CT molecular complexity index is 1260. The van der Waals surface area contributed by atoms with E-state index in [1.165, 1.54) is 0 Å². The summed E-state index contributed by atoms with van der Waals surface area (Å²) in [6.07, 6.45) is 0.483. The largest absolute Gasteiger partial charge is 0.294 e. The number of fused-ring (bicyclic) bond motifs is 1. The molecule has 2 aromatic carbocycles. The number of nitrogens with zero attached hydrogens (tertiary/aromatic N) is 3. The predicted molar refractivity (Wildman–Crippen MR) is 116 cm³/mol. The maximum atomic E-state index is 12.6. The molecule has 2 aromatic heterocycles. The molecule has 0 saturated heterocycles. The molecule has 4 rings (SSSR count). The zero-order chi connectivity index (χ0) is 20.5. The molecule has 0 aliphatic carbocycles. The van der Waals surface area contributed by atoms with Crippen LogP contribution in [-0.4, -0.2) is 19.9 Å². The number of hydrogen-bond acceptors (Lipinski definition) is 5. The monoisotopic (exact) mass is 405 g/mol. The van der Waals surface area contributed by atoms with Crippen molar-refractivity contribution in [1.82, 2.24) is 19.9 Å². The quantitative estimate of drug-likeness (QED) is 0.517. The van der Waals surface area contributed by atoms with Crippen LogP contribution in [-0.2, 0) is 6.42 Å². The molecule has 0 bridgehead atoms. The second-order valence-corrected chi connectivity index (χ2v) is 7.50. The summed E-state index contributed by atoms with van der Waals surface area (Å²) in [5, 5.41) is 4.69. The molecule has 2 N–H and O–H groups in total. The van der Waals surface area contributed by atoms with Gasteiger partial charge in [0.15, 0.2) is 0 Å². The highest BCUT2D eigenvalue weighted by atomic mass is 35.5. The van der Waals surface area contributed by atoms with Crippen molar-refractivity contribution in [3.8, 4) is 0 Å². The third kappa shape index (κ3) is 4.12. The lowest BCUT2D eigenvalue weighted by Gasteiger charge is -2.10. The number of halogens is 1. The van der Waals surface area contributed by atoms with Gasteiger partial charge in [-0.3, -0.25) is 15.1 Å². The molecule has 0 unspecified atom stereocenters. The smallest absolute Gasteiger partial charge is 0.256 e. The summed E-state index contributed by atoms with van der Waals surface area (Å²) in [5.74, 6) is 0.715. The van der Waals surface area contributed by atoms with Crippen LogP contribution in [0.15, 0.2) is 47.3 Å². The number of benzene rings is 2. The van der Waals surface area contributed by atoms with Crippen LogP contribution in [0.1, 0.15) is 28.1 Å². The van der Waals surface area contributed by atoms with E-state index in [9.17, 15) is 4.79 Å². The second kappa shape index (κ2) is 7.64. The molecule has 0 fully saturated rings. The van der Waals surface area contributed by atoms with Crippen LogP contribution in [0, 0.1) is 20.8 Å². The molecule has 0 amide bonds. The summed E-state index contributed by atoms with van der Waals surface area (Å²) in [6, 6.07) is 13.5. The molecule has 0 spiro atoms. The highest BCUT2D eigenvalue weighted by Crippen LogP contribution is 2.20. The molecule has 0 radical (unpaired) electrons. The number of aryl methyl sites for hydroxylation is 3. The minimum atomic E-state index is -0.191. The summed E-state index contributed by atoms with van der Waals surface area (Å²) in [4.78, 5) is 29.0. The lowest BCUT2D eigenvalue weighted by Crippen LogP contribution is -2.19. The van der Waals surface area contributed by atoms with Crippen molar-refractivity contribution < 1.29 is 0 Å². The maximum Gasteiger partial charge on any atom is 0.256 e. The van der Waals surface area contributed by atoms with Crippen molar-refractivity contribution in [2.75, 3.05) is 5.32 Å². The number of rotatable bonds is 4. The Labute approximate surface area is 173 Å². The minimum absolute atomic E-state index is 0.191. The Hall–Kier alpha value is -3.25. The SMILES string of the molecule is Cc1ccc2c(C)nc(Nc3nc(C)c(Cc4ccc(Cl)cc4)c(=O)[nH]3)nc2c1. The number of aromatic amines is 1. The van der Waals surface area contributed by atoms with Gasteiger partial charge in [0, 0.05) is 22.4 Å². The van der Waals surface area contributed by atoms with Crippen LogP contribution in [0.4, 0.5) is 11.9 Å². The lowest BCUT2D eigenvalue weighted by molar-refractivity contribution is 0.978. The van der Waals surface area contributed by atoms with Gasteiger partial charge in [0.25, 0.3) is 5.56 Å². The Balaban J connectivity index is 1.64. The Morgan fingerprint density at radius 1 is 0.966 bits per heavy atom. The zero-order valence-electron chi connectivity index (χ0n) is 16.4. The number of anilines is 2. The van der Waals surface area contributed by atoms with Crippen molar-refractivity contribution in [2.45, 2.75) is 27.2 Å². The summed E-state index contributed by atoms with van der Waals surface area (Å²) in [5.41, 5.74) is 4.89. The molecule has 0 atom stereocenters. The normalized spacial score (nSPS) is 11.0. The summed E-state index contributed by atoms with van der Waals surface area (Å²) >= 11 is 5.93. The van der Waals surface area contributed by atoms with Gasteiger partial charge in [-0.2, -0.15) is 0 Å². The maximum absolute atomic E-state index is 12.6. The van der Waals surface area contributed by atoms with Crippen LogP contribution in [0.5, 0.6) is 0 Å². The lowest BCUT2D eigenvalue weighted by atomic mass is 10.1. The number of H-pyrrole nitrogens is 1. The van der Waals surface area contributed by atoms with E-state index in [4.69, 9.17) is 11.6 Å². The van der Waals surface area contributed by atoms with Crippen molar-refractivity contribution in [3.05, 3.63) is 85.9 Å². The van der Waals surface area contributed by atoms with Gasteiger partial charge in [-0.05, 0) is 50.1 Å². The molecule has 7 heteroatoms. The van der Waals surface area contributed by atoms with Gasteiger partial charge in [-0.1, -0.05) is 35.9 Å². The van der Waals surface area contributed by atoms with E-state index < -0.39 is 0 Å². The van der Waals surface area contributed by atoms with Gasteiger partial charge >= 0.3 is 0 Å². The summed E-state index contributed by atoms with van der Waals surface area (Å²) < 4.78 is 0. The molecule has 0 aliphatic rings. The van der Waals surface area contributed by atoms with Gasteiger partial charge in [-0.15, -0.1) is 0 Å². The van der Waals surface area contributed by atoms with Crippen molar-refractivity contribution in [3.63, 3.8) is 0 Å². The van der Waals surface area contributed by atoms with E-state index in [0.717, 1.165) is 27.7 Å². The highest BCUT2D eigenvalue weighted by Gasteiger charge is 2.11. The Kier molecular flexibility index (Phi) is 5.03. The predicted octanol–water partition coefficient (Wildman–Crippen LogP) is 4.63. The van der Waals surface area contributed by atoms with E-state index in [0.29, 0.717) is 34.6 Å². The highest BCUT2D eigenvalue weighted by molar-refractivity contribution is 6.30.